The minimum Gasteiger partial charge on any atom is -0.350 e. The van der Waals surface area contributed by atoms with E-state index >= 15 is 0 Å². The zero-order chi connectivity index (χ0) is 14.7. The van der Waals surface area contributed by atoms with Crippen LogP contribution in [0.15, 0.2) is 16.1 Å². The van der Waals surface area contributed by atoms with Crippen LogP contribution in [0.4, 0.5) is 0 Å². The lowest BCUT2D eigenvalue weighted by Gasteiger charge is -2.57. The molecule has 0 aromatic heterocycles. The van der Waals surface area contributed by atoms with Crippen LogP contribution in [0.1, 0.15) is 44.9 Å². The fourth-order valence-electron chi connectivity index (χ4n) is 5.88. The zero-order valence-electron chi connectivity index (χ0n) is 12.9. The molecule has 6 aliphatic rings. The van der Waals surface area contributed by atoms with Crippen LogP contribution in [-0.2, 0) is 4.79 Å². The second-order valence-electron chi connectivity index (χ2n) is 7.97. The predicted octanol–water partition coefficient (Wildman–Crippen LogP) is 2.72. The van der Waals surface area contributed by atoms with Gasteiger partial charge in [0.2, 0.25) is 5.91 Å². The van der Waals surface area contributed by atoms with E-state index in [9.17, 15) is 4.79 Å². The van der Waals surface area contributed by atoms with Crippen LogP contribution in [0.5, 0.6) is 0 Å². The van der Waals surface area contributed by atoms with Gasteiger partial charge in [0, 0.05) is 17.8 Å². The first-order valence-corrected chi connectivity index (χ1v) is 9.56. The molecule has 1 N–H and O–H groups in total. The second-order valence-corrected chi connectivity index (χ2v) is 8.80. The Hall–Kier alpha value is -0.970. The third kappa shape index (κ3) is 2.12. The molecular weight excluding hydrogens is 294 g/mol. The molecule has 4 saturated carbocycles. The molecule has 1 amide bonds. The van der Waals surface area contributed by atoms with Gasteiger partial charge in [-0.25, -0.2) is 0 Å². The van der Waals surface area contributed by atoms with Crippen molar-refractivity contribution in [1.29, 1.82) is 0 Å². The number of carbonyl (C=O) groups excluding carboxylic acids is 1. The molecule has 5 heteroatoms. The van der Waals surface area contributed by atoms with Crippen molar-refractivity contribution in [1.82, 2.24) is 10.2 Å². The summed E-state index contributed by atoms with van der Waals surface area (Å²) in [5.41, 5.74) is 1.28. The molecule has 4 fully saturated rings. The summed E-state index contributed by atoms with van der Waals surface area (Å²) >= 11 is 1.67. The van der Waals surface area contributed by atoms with E-state index in [1.54, 1.807) is 11.8 Å². The van der Waals surface area contributed by atoms with Crippen molar-refractivity contribution < 1.29 is 4.79 Å². The number of hydrogen-bond acceptors (Lipinski definition) is 4. The summed E-state index contributed by atoms with van der Waals surface area (Å²) in [5.74, 6) is 2.86. The number of fused-ring (bicyclic) bond motifs is 1. The lowest BCUT2D eigenvalue weighted by atomic mass is 9.53. The predicted molar refractivity (Wildman–Crippen MR) is 88.3 cm³/mol. The average Bonchev–Trinajstić information content (AvgIpc) is 3.01. The van der Waals surface area contributed by atoms with Crippen LogP contribution in [-0.4, -0.2) is 34.6 Å². The number of amides is 1. The maximum Gasteiger partial charge on any atom is 0.226 e. The maximum atomic E-state index is 12.6. The topological polar surface area (TPSA) is 44.7 Å². The van der Waals surface area contributed by atoms with Crippen LogP contribution in [0.3, 0.4) is 0 Å². The molecule has 118 valence electrons. The SMILES string of the molecule is O=C(CC1=CSC2=NCCN12)NC12CC3CC(CC(C3)C1)C2. The van der Waals surface area contributed by atoms with E-state index in [4.69, 9.17) is 0 Å². The highest BCUT2D eigenvalue weighted by molar-refractivity contribution is 8.16. The number of nitrogens with zero attached hydrogens (tertiary/aromatic N) is 2. The van der Waals surface area contributed by atoms with Gasteiger partial charge < -0.3 is 10.2 Å². The second kappa shape index (κ2) is 4.76. The summed E-state index contributed by atoms with van der Waals surface area (Å²) in [7, 11) is 0. The van der Waals surface area contributed by atoms with Gasteiger partial charge in [-0.05, 0) is 61.7 Å². The summed E-state index contributed by atoms with van der Waals surface area (Å²) in [6.07, 6.45) is 8.48. The molecule has 4 bridgehead atoms. The minimum absolute atomic E-state index is 0.139. The molecule has 0 unspecified atom stereocenters. The lowest BCUT2D eigenvalue weighted by molar-refractivity contribution is -0.126. The van der Waals surface area contributed by atoms with Crippen molar-refractivity contribution >= 4 is 22.8 Å². The number of amidine groups is 1. The quantitative estimate of drug-likeness (QED) is 0.870. The molecule has 2 heterocycles. The van der Waals surface area contributed by atoms with Crippen LogP contribution < -0.4 is 5.32 Å². The summed E-state index contributed by atoms with van der Waals surface area (Å²) in [6.45, 7) is 1.81. The Morgan fingerprint density at radius 1 is 1.27 bits per heavy atom. The third-order valence-electron chi connectivity index (χ3n) is 6.23. The van der Waals surface area contributed by atoms with E-state index in [0.29, 0.717) is 6.42 Å². The molecule has 22 heavy (non-hydrogen) atoms. The Labute approximate surface area is 135 Å². The van der Waals surface area contributed by atoms with Crippen molar-refractivity contribution in [3.8, 4) is 0 Å². The number of rotatable bonds is 3. The molecule has 0 aromatic rings. The van der Waals surface area contributed by atoms with Crippen LogP contribution in [0, 0.1) is 17.8 Å². The largest absolute Gasteiger partial charge is 0.350 e. The highest BCUT2D eigenvalue weighted by Crippen LogP contribution is 2.55. The summed E-state index contributed by atoms with van der Waals surface area (Å²) in [5, 5.41) is 6.67. The first-order chi connectivity index (χ1) is 10.7. The monoisotopic (exact) mass is 317 g/mol. The third-order valence-corrected chi connectivity index (χ3v) is 7.18. The van der Waals surface area contributed by atoms with Gasteiger partial charge in [0.15, 0.2) is 5.17 Å². The van der Waals surface area contributed by atoms with Gasteiger partial charge in [-0.3, -0.25) is 9.79 Å². The Balaban J connectivity index is 1.26. The summed E-state index contributed by atoms with van der Waals surface area (Å²) in [4.78, 5) is 19.3. The van der Waals surface area contributed by atoms with Crippen molar-refractivity contribution in [3.63, 3.8) is 0 Å². The van der Waals surface area contributed by atoms with Gasteiger partial charge in [-0.2, -0.15) is 0 Å². The van der Waals surface area contributed by atoms with Crippen LogP contribution >= 0.6 is 11.8 Å². The maximum absolute atomic E-state index is 12.6. The molecule has 0 aromatic carbocycles. The van der Waals surface area contributed by atoms with Gasteiger partial charge in [-0.1, -0.05) is 11.8 Å². The zero-order valence-corrected chi connectivity index (χ0v) is 13.7. The Morgan fingerprint density at radius 2 is 1.95 bits per heavy atom. The normalized spacial score (nSPS) is 41.5. The Bertz CT molecular complexity index is 547. The molecule has 0 radical (unpaired) electrons. The molecule has 4 aliphatic carbocycles. The van der Waals surface area contributed by atoms with E-state index in [1.165, 1.54) is 38.5 Å². The number of thioether (sulfide) groups is 1. The smallest absolute Gasteiger partial charge is 0.226 e. The number of nitrogens with one attached hydrogen (secondary N) is 1. The first-order valence-electron chi connectivity index (χ1n) is 8.68. The van der Waals surface area contributed by atoms with Crippen molar-refractivity contribution in [2.45, 2.75) is 50.5 Å². The van der Waals surface area contributed by atoms with Gasteiger partial charge in [-0.15, -0.1) is 0 Å². The standard InChI is InChI=1S/C17H23N3OS/c21-15(6-14-10-22-16-18-1-2-20(14)16)19-17-7-11-3-12(8-17)5-13(4-11)9-17/h10-13H,1-9H2,(H,19,21). The van der Waals surface area contributed by atoms with Crippen LogP contribution in [0.25, 0.3) is 0 Å². The van der Waals surface area contributed by atoms with E-state index in [-0.39, 0.29) is 11.4 Å². The minimum atomic E-state index is 0.139. The van der Waals surface area contributed by atoms with Crippen molar-refractivity contribution in [3.05, 3.63) is 11.1 Å². The molecule has 6 rings (SSSR count). The molecule has 2 aliphatic heterocycles. The number of carbonyl (C=O) groups is 1. The molecule has 0 spiro atoms. The highest BCUT2D eigenvalue weighted by atomic mass is 32.2. The molecule has 0 saturated heterocycles. The molecular formula is C17H23N3OS. The summed E-state index contributed by atoms with van der Waals surface area (Å²) < 4.78 is 0. The van der Waals surface area contributed by atoms with E-state index in [1.807, 2.05) is 0 Å². The molecule has 0 atom stereocenters. The molecule has 4 nitrogen and oxygen atoms in total. The van der Waals surface area contributed by atoms with Crippen molar-refractivity contribution in [2.24, 2.45) is 22.7 Å². The van der Waals surface area contributed by atoms with Crippen LogP contribution in [0.2, 0.25) is 0 Å². The van der Waals surface area contributed by atoms with E-state index in [2.05, 4.69) is 20.6 Å². The number of aliphatic imine (C=N–C) groups is 1. The number of hydrogen-bond donors (Lipinski definition) is 1. The average molecular weight is 317 g/mol. The summed E-state index contributed by atoms with van der Waals surface area (Å²) in [6, 6.07) is 0. The fourth-order valence-corrected chi connectivity index (χ4v) is 6.84. The Morgan fingerprint density at radius 3 is 2.64 bits per heavy atom. The van der Waals surface area contributed by atoms with Gasteiger partial charge >= 0.3 is 0 Å². The Kier molecular flexibility index (Phi) is 2.91. The van der Waals surface area contributed by atoms with E-state index in [0.717, 1.165) is 41.7 Å². The highest BCUT2D eigenvalue weighted by Gasteiger charge is 2.51. The van der Waals surface area contributed by atoms with Crippen molar-refractivity contribution in [2.75, 3.05) is 13.1 Å². The van der Waals surface area contributed by atoms with Gasteiger partial charge in [0.25, 0.3) is 0 Å². The fraction of sp³-hybridized carbons (Fsp3) is 0.765. The van der Waals surface area contributed by atoms with Gasteiger partial charge in [0.05, 0.1) is 13.0 Å². The van der Waals surface area contributed by atoms with Gasteiger partial charge in [0.1, 0.15) is 0 Å². The lowest BCUT2D eigenvalue weighted by Crippen LogP contribution is -2.59. The van der Waals surface area contributed by atoms with E-state index < -0.39 is 0 Å². The first kappa shape index (κ1) is 13.5.